The molecule has 1 heterocycles. The summed E-state index contributed by atoms with van der Waals surface area (Å²) in [5, 5.41) is 8.91. The first-order valence-electron chi connectivity index (χ1n) is 5.50. The van der Waals surface area contributed by atoms with Crippen molar-refractivity contribution in [2.45, 2.75) is 12.3 Å². The number of nitrogens with zero attached hydrogens (tertiary/aromatic N) is 2. The molecule has 0 radical (unpaired) electrons. The van der Waals surface area contributed by atoms with Gasteiger partial charge in [0.05, 0.1) is 12.1 Å². The molecule has 0 saturated heterocycles. The van der Waals surface area contributed by atoms with Crippen molar-refractivity contribution < 1.29 is 18.7 Å². The third-order valence-electron chi connectivity index (χ3n) is 2.66. The van der Waals surface area contributed by atoms with Crippen LogP contribution >= 0.6 is 0 Å². The fourth-order valence-electron chi connectivity index (χ4n) is 1.82. The Morgan fingerprint density at radius 2 is 2.11 bits per heavy atom. The van der Waals surface area contributed by atoms with Crippen LogP contribution in [0.5, 0.6) is 0 Å². The molecule has 1 aromatic carbocycles. The lowest BCUT2D eigenvalue weighted by atomic mass is 9.92. The van der Waals surface area contributed by atoms with Crippen LogP contribution in [-0.2, 0) is 4.79 Å². The average Bonchev–Trinajstić information content (AvgIpc) is 2.37. The van der Waals surface area contributed by atoms with E-state index in [1.54, 1.807) is 0 Å². The molecule has 1 unspecified atom stereocenters. The quantitative estimate of drug-likeness (QED) is 0.920. The SMILES string of the molecule is O=C(O)CC(c1cnccn1)c1ccc(F)cc1F. The number of hydrogen-bond acceptors (Lipinski definition) is 3. The predicted octanol–water partition coefficient (Wildman–Crippen LogP) is 2.36. The van der Waals surface area contributed by atoms with Gasteiger partial charge in [0.1, 0.15) is 11.6 Å². The zero-order chi connectivity index (χ0) is 13.8. The van der Waals surface area contributed by atoms with Crippen LogP contribution < -0.4 is 0 Å². The lowest BCUT2D eigenvalue weighted by Gasteiger charge is -2.15. The smallest absolute Gasteiger partial charge is 0.304 e. The van der Waals surface area contributed by atoms with Crippen molar-refractivity contribution in [2.24, 2.45) is 0 Å². The summed E-state index contributed by atoms with van der Waals surface area (Å²) >= 11 is 0. The summed E-state index contributed by atoms with van der Waals surface area (Å²) in [5.41, 5.74) is 0.416. The van der Waals surface area contributed by atoms with Gasteiger partial charge in [-0.05, 0) is 11.6 Å². The minimum atomic E-state index is -1.10. The average molecular weight is 264 g/mol. The van der Waals surface area contributed by atoms with E-state index in [1.165, 1.54) is 24.7 Å². The maximum atomic E-state index is 13.8. The van der Waals surface area contributed by atoms with Crippen molar-refractivity contribution in [3.63, 3.8) is 0 Å². The van der Waals surface area contributed by atoms with E-state index in [9.17, 15) is 13.6 Å². The van der Waals surface area contributed by atoms with Crippen molar-refractivity contribution in [1.29, 1.82) is 0 Å². The van der Waals surface area contributed by atoms with Gasteiger partial charge in [-0.25, -0.2) is 8.78 Å². The fraction of sp³-hybridized carbons (Fsp3) is 0.154. The molecule has 0 saturated carbocycles. The first kappa shape index (κ1) is 13.1. The summed E-state index contributed by atoms with van der Waals surface area (Å²) in [7, 11) is 0. The highest BCUT2D eigenvalue weighted by Gasteiger charge is 2.22. The number of hydrogen-bond donors (Lipinski definition) is 1. The Hall–Kier alpha value is -2.37. The number of rotatable bonds is 4. The van der Waals surface area contributed by atoms with Crippen LogP contribution in [0.25, 0.3) is 0 Å². The molecule has 0 spiro atoms. The molecule has 0 aliphatic rings. The maximum Gasteiger partial charge on any atom is 0.304 e. The molecule has 2 rings (SSSR count). The Balaban J connectivity index is 2.46. The van der Waals surface area contributed by atoms with Gasteiger partial charge in [0.15, 0.2) is 0 Å². The molecule has 19 heavy (non-hydrogen) atoms. The van der Waals surface area contributed by atoms with E-state index in [0.29, 0.717) is 5.69 Å². The molecular weight excluding hydrogens is 254 g/mol. The van der Waals surface area contributed by atoms with E-state index >= 15 is 0 Å². The second kappa shape index (κ2) is 5.51. The van der Waals surface area contributed by atoms with Gasteiger partial charge in [-0.1, -0.05) is 6.07 Å². The zero-order valence-electron chi connectivity index (χ0n) is 9.75. The van der Waals surface area contributed by atoms with Crippen LogP contribution in [-0.4, -0.2) is 21.0 Å². The molecule has 98 valence electrons. The van der Waals surface area contributed by atoms with Crippen LogP contribution in [0.1, 0.15) is 23.6 Å². The van der Waals surface area contributed by atoms with E-state index in [2.05, 4.69) is 9.97 Å². The van der Waals surface area contributed by atoms with Gasteiger partial charge < -0.3 is 5.11 Å². The normalized spacial score (nSPS) is 12.1. The summed E-state index contributed by atoms with van der Waals surface area (Å²) in [6, 6.07) is 3.04. The Bertz CT molecular complexity index is 590. The highest BCUT2D eigenvalue weighted by molar-refractivity contribution is 5.68. The van der Waals surface area contributed by atoms with Gasteiger partial charge in [0.25, 0.3) is 0 Å². The van der Waals surface area contributed by atoms with Crippen molar-refractivity contribution in [2.75, 3.05) is 0 Å². The highest BCUT2D eigenvalue weighted by atomic mass is 19.1. The van der Waals surface area contributed by atoms with Crippen LogP contribution in [0.2, 0.25) is 0 Å². The molecule has 0 aliphatic heterocycles. The van der Waals surface area contributed by atoms with Gasteiger partial charge in [-0.15, -0.1) is 0 Å². The Labute approximate surface area is 107 Å². The molecule has 0 bridgehead atoms. The second-order valence-electron chi connectivity index (χ2n) is 3.95. The number of benzene rings is 1. The zero-order valence-corrected chi connectivity index (χ0v) is 9.75. The fourth-order valence-corrected chi connectivity index (χ4v) is 1.82. The standard InChI is InChI=1S/C13H10F2N2O2/c14-8-1-2-9(11(15)5-8)10(6-13(18)19)12-7-16-3-4-17-12/h1-5,7,10H,6H2,(H,18,19). The van der Waals surface area contributed by atoms with Crippen LogP contribution in [0.15, 0.2) is 36.8 Å². The minimum absolute atomic E-state index is 0.0873. The minimum Gasteiger partial charge on any atom is -0.481 e. The largest absolute Gasteiger partial charge is 0.481 e. The second-order valence-corrected chi connectivity index (χ2v) is 3.95. The van der Waals surface area contributed by atoms with Crippen molar-refractivity contribution in [3.05, 3.63) is 59.7 Å². The number of aromatic nitrogens is 2. The molecule has 1 aromatic heterocycles. The number of halogens is 2. The Morgan fingerprint density at radius 3 is 2.68 bits per heavy atom. The third-order valence-corrected chi connectivity index (χ3v) is 2.66. The number of aliphatic carboxylic acids is 1. The molecular formula is C13H10F2N2O2. The van der Waals surface area contributed by atoms with Crippen LogP contribution in [0.4, 0.5) is 8.78 Å². The van der Waals surface area contributed by atoms with E-state index in [4.69, 9.17) is 5.11 Å². The van der Waals surface area contributed by atoms with Crippen molar-refractivity contribution >= 4 is 5.97 Å². The first-order chi connectivity index (χ1) is 9.08. The first-order valence-corrected chi connectivity index (χ1v) is 5.50. The summed E-state index contributed by atoms with van der Waals surface area (Å²) < 4.78 is 26.6. The lowest BCUT2D eigenvalue weighted by molar-refractivity contribution is -0.137. The molecule has 2 aromatic rings. The molecule has 4 nitrogen and oxygen atoms in total. The van der Waals surface area contributed by atoms with Crippen molar-refractivity contribution in [1.82, 2.24) is 9.97 Å². The van der Waals surface area contributed by atoms with Gasteiger partial charge in [0, 0.05) is 30.6 Å². The Morgan fingerprint density at radius 1 is 1.32 bits per heavy atom. The number of carboxylic acid groups (broad SMARTS) is 1. The predicted molar refractivity (Wildman–Crippen MR) is 62.5 cm³/mol. The lowest BCUT2D eigenvalue weighted by Crippen LogP contribution is -2.11. The van der Waals surface area contributed by atoms with E-state index in [1.807, 2.05) is 0 Å². The van der Waals surface area contributed by atoms with Gasteiger partial charge in [-0.2, -0.15) is 0 Å². The summed E-state index contributed by atoms with van der Waals surface area (Å²) in [6.07, 6.45) is 3.85. The molecule has 1 N–H and O–H groups in total. The van der Waals surface area contributed by atoms with E-state index in [0.717, 1.165) is 12.1 Å². The van der Waals surface area contributed by atoms with Crippen LogP contribution in [0, 0.1) is 11.6 Å². The van der Waals surface area contributed by atoms with E-state index in [-0.39, 0.29) is 12.0 Å². The van der Waals surface area contributed by atoms with Gasteiger partial charge in [0.2, 0.25) is 0 Å². The topological polar surface area (TPSA) is 63.1 Å². The highest BCUT2D eigenvalue weighted by Crippen LogP contribution is 2.28. The number of carboxylic acids is 1. The summed E-state index contributed by atoms with van der Waals surface area (Å²) in [4.78, 5) is 18.7. The molecule has 6 heteroatoms. The molecule has 0 fully saturated rings. The van der Waals surface area contributed by atoms with Crippen molar-refractivity contribution in [3.8, 4) is 0 Å². The molecule has 1 atom stereocenters. The third kappa shape index (κ3) is 3.09. The maximum absolute atomic E-state index is 13.8. The van der Waals surface area contributed by atoms with E-state index < -0.39 is 23.5 Å². The Kier molecular flexibility index (Phi) is 3.79. The van der Waals surface area contributed by atoms with Gasteiger partial charge >= 0.3 is 5.97 Å². The number of carbonyl (C=O) groups is 1. The van der Waals surface area contributed by atoms with Gasteiger partial charge in [-0.3, -0.25) is 14.8 Å². The summed E-state index contributed by atoms with van der Waals surface area (Å²) in [6.45, 7) is 0. The molecule has 0 aliphatic carbocycles. The molecule has 0 amide bonds. The van der Waals surface area contributed by atoms with Crippen LogP contribution in [0.3, 0.4) is 0 Å². The monoisotopic (exact) mass is 264 g/mol. The summed E-state index contributed by atoms with van der Waals surface area (Å²) in [5.74, 6) is -3.41.